The van der Waals surface area contributed by atoms with Crippen LogP contribution in [0.4, 0.5) is 11.4 Å². The molecule has 5 nitrogen and oxygen atoms in total. The normalized spacial score (nSPS) is 11.7. The van der Waals surface area contributed by atoms with E-state index in [9.17, 15) is 9.90 Å². The van der Waals surface area contributed by atoms with Crippen LogP contribution < -0.4 is 11.1 Å². The van der Waals surface area contributed by atoms with Gasteiger partial charge in [-0.15, -0.1) is 0 Å². The number of carbonyl (C=O) groups is 1. The van der Waals surface area contributed by atoms with Crippen LogP contribution in [0.15, 0.2) is 18.2 Å². The highest BCUT2D eigenvalue weighted by atomic mass is 16.3. The van der Waals surface area contributed by atoms with E-state index in [2.05, 4.69) is 5.32 Å². The van der Waals surface area contributed by atoms with E-state index in [0.29, 0.717) is 25.2 Å². The number of nitrogens with zero attached hydrogens (tertiary/aromatic N) is 1. The lowest BCUT2D eigenvalue weighted by Gasteiger charge is -2.25. The molecular formula is C15H25N3O2. The molecule has 0 heterocycles. The molecule has 1 amide bonds. The lowest BCUT2D eigenvalue weighted by Crippen LogP contribution is -2.37. The minimum absolute atomic E-state index is 0.0544. The van der Waals surface area contributed by atoms with Crippen LogP contribution in [0.3, 0.4) is 0 Å². The Balaban J connectivity index is 2.46. The van der Waals surface area contributed by atoms with Crippen LogP contribution in [0.25, 0.3) is 0 Å². The molecular weight excluding hydrogens is 254 g/mol. The molecule has 0 unspecified atom stereocenters. The monoisotopic (exact) mass is 279 g/mol. The fourth-order valence-corrected chi connectivity index (χ4v) is 2.03. The maximum atomic E-state index is 11.9. The smallest absolute Gasteiger partial charge is 0.225 e. The van der Waals surface area contributed by atoms with Gasteiger partial charge in [0.15, 0.2) is 0 Å². The number of nitrogens with two attached hydrogens (primary N) is 1. The van der Waals surface area contributed by atoms with Crippen LogP contribution in [0.5, 0.6) is 0 Å². The van der Waals surface area contributed by atoms with Crippen molar-refractivity contribution in [1.82, 2.24) is 4.90 Å². The lowest BCUT2D eigenvalue weighted by atomic mass is 10.1. The number of benzene rings is 1. The number of aliphatic hydroxyl groups is 1. The van der Waals surface area contributed by atoms with E-state index in [4.69, 9.17) is 5.73 Å². The van der Waals surface area contributed by atoms with Gasteiger partial charge >= 0.3 is 0 Å². The van der Waals surface area contributed by atoms with Crippen molar-refractivity contribution in [2.24, 2.45) is 0 Å². The topological polar surface area (TPSA) is 78.6 Å². The van der Waals surface area contributed by atoms with Gasteiger partial charge < -0.3 is 21.1 Å². The summed E-state index contributed by atoms with van der Waals surface area (Å²) in [6, 6.07) is 5.46. The Kier molecular flexibility index (Phi) is 5.53. The number of rotatable bonds is 6. The van der Waals surface area contributed by atoms with Crippen LogP contribution in [-0.2, 0) is 4.79 Å². The van der Waals surface area contributed by atoms with Gasteiger partial charge in [-0.05, 0) is 45.5 Å². The number of likely N-dealkylation sites (N-methyl/N-ethyl adjacent to an activating group) is 1. The quantitative estimate of drug-likeness (QED) is 0.691. The highest BCUT2D eigenvalue weighted by Crippen LogP contribution is 2.20. The van der Waals surface area contributed by atoms with E-state index in [-0.39, 0.29) is 5.91 Å². The zero-order chi connectivity index (χ0) is 15.3. The molecule has 5 heteroatoms. The van der Waals surface area contributed by atoms with E-state index in [1.165, 1.54) is 0 Å². The number of hydrogen-bond donors (Lipinski definition) is 3. The zero-order valence-electron chi connectivity index (χ0n) is 12.7. The number of hydrogen-bond acceptors (Lipinski definition) is 4. The van der Waals surface area contributed by atoms with Crippen molar-refractivity contribution in [2.45, 2.75) is 32.8 Å². The molecule has 0 radical (unpaired) electrons. The summed E-state index contributed by atoms with van der Waals surface area (Å²) in [7, 11) is 1.89. The molecule has 0 bridgehead atoms. The SMILES string of the molecule is Cc1c(N)cccc1NC(=O)CCN(C)CC(C)(C)O. The van der Waals surface area contributed by atoms with Crippen molar-refractivity contribution in [1.29, 1.82) is 0 Å². The molecule has 112 valence electrons. The summed E-state index contributed by atoms with van der Waals surface area (Å²) in [6.45, 7) is 6.50. The summed E-state index contributed by atoms with van der Waals surface area (Å²) >= 11 is 0. The van der Waals surface area contributed by atoms with E-state index in [1.807, 2.05) is 37.1 Å². The van der Waals surface area contributed by atoms with Gasteiger partial charge in [0.1, 0.15) is 0 Å². The highest BCUT2D eigenvalue weighted by molar-refractivity contribution is 5.92. The summed E-state index contributed by atoms with van der Waals surface area (Å²) in [5.41, 5.74) is 7.35. The molecule has 4 N–H and O–H groups in total. The molecule has 20 heavy (non-hydrogen) atoms. The maximum absolute atomic E-state index is 11.9. The number of anilines is 2. The van der Waals surface area contributed by atoms with Crippen molar-refractivity contribution in [3.63, 3.8) is 0 Å². The Morgan fingerprint density at radius 2 is 2.10 bits per heavy atom. The van der Waals surface area contributed by atoms with Crippen molar-refractivity contribution < 1.29 is 9.90 Å². The molecule has 0 spiro atoms. The molecule has 0 saturated heterocycles. The van der Waals surface area contributed by atoms with Crippen molar-refractivity contribution >= 4 is 17.3 Å². The molecule has 0 atom stereocenters. The van der Waals surface area contributed by atoms with E-state index >= 15 is 0 Å². The van der Waals surface area contributed by atoms with Gasteiger partial charge in [-0.3, -0.25) is 4.79 Å². The van der Waals surface area contributed by atoms with Gasteiger partial charge in [0.2, 0.25) is 5.91 Å². The first-order valence-corrected chi connectivity index (χ1v) is 6.75. The summed E-state index contributed by atoms with van der Waals surface area (Å²) in [5, 5.41) is 12.6. The average molecular weight is 279 g/mol. The van der Waals surface area contributed by atoms with Crippen molar-refractivity contribution in [2.75, 3.05) is 31.2 Å². The second-order valence-corrected chi connectivity index (χ2v) is 5.87. The van der Waals surface area contributed by atoms with Crippen LogP contribution >= 0.6 is 0 Å². The molecule has 0 aliphatic heterocycles. The molecule has 0 aliphatic rings. The molecule has 1 aromatic rings. The van der Waals surface area contributed by atoms with Crippen LogP contribution in [0, 0.1) is 6.92 Å². The zero-order valence-corrected chi connectivity index (χ0v) is 12.7. The highest BCUT2D eigenvalue weighted by Gasteiger charge is 2.16. The molecule has 0 aliphatic carbocycles. The Morgan fingerprint density at radius 3 is 2.70 bits per heavy atom. The number of amides is 1. The van der Waals surface area contributed by atoms with Gasteiger partial charge in [-0.1, -0.05) is 6.07 Å². The summed E-state index contributed by atoms with van der Waals surface area (Å²) in [5.74, 6) is -0.0544. The largest absolute Gasteiger partial charge is 0.398 e. The van der Waals surface area contributed by atoms with Gasteiger partial charge in [0.05, 0.1) is 5.60 Å². The first-order chi connectivity index (χ1) is 9.19. The minimum Gasteiger partial charge on any atom is -0.398 e. The van der Waals surface area contributed by atoms with Gasteiger partial charge in [0, 0.05) is 30.9 Å². The Morgan fingerprint density at radius 1 is 1.45 bits per heavy atom. The first-order valence-electron chi connectivity index (χ1n) is 6.75. The van der Waals surface area contributed by atoms with Gasteiger partial charge in [0.25, 0.3) is 0 Å². The Hall–Kier alpha value is -1.59. The molecule has 0 aromatic heterocycles. The third kappa shape index (κ3) is 5.59. The number of carbonyl (C=O) groups excluding carboxylic acids is 1. The summed E-state index contributed by atoms with van der Waals surface area (Å²) < 4.78 is 0. The molecule has 1 aromatic carbocycles. The standard InChI is InChI=1S/C15H25N3O2/c1-11-12(16)6-5-7-13(11)17-14(19)8-9-18(4)10-15(2,3)20/h5-7,20H,8-10,16H2,1-4H3,(H,17,19). The predicted octanol–water partition coefficient (Wildman–Crippen LogP) is 1.61. The van der Waals surface area contributed by atoms with Crippen molar-refractivity contribution in [3.05, 3.63) is 23.8 Å². The van der Waals surface area contributed by atoms with E-state index in [0.717, 1.165) is 11.3 Å². The molecule has 0 fully saturated rings. The number of nitrogens with one attached hydrogen (secondary N) is 1. The average Bonchev–Trinajstić information content (AvgIpc) is 2.30. The van der Waals surface area contributed by atoms with E-state index in [1.54, 1.807) is 13.8 Å². The first kappa shape index (κ1) is 16.5. The summed E-state index contributed by atoms with van der Waals surface area (Å²) in [6.07, 6.45) is 0.376. The Bertz CT molecular complexity index is 467. The maximum Gasteiger partial charge on any atom is 0.225 e. The van der Waals surface area contributed by atoms with Crippen LogP contribution in [0.1, 0.15) is 25.8 Å². The summed E-state index contributed by atoms with van der Waals surface area (Å²) in [4.78, 5) is 13.8. The molecule has 0 saturated carbocycles. The second-order valence-electron chi connectivity index (χ2n) is 5.87. The van der Waals surface area contributed by atoms with Crippen molar-refractivity contribution in [3.8, 4) is 0 Å². The molecule has 1 rings (SSSR count). The van der Waals surface area contributed by atoms with Gasteiger partial charge in [-0.25, -0.2) is 0 Å². The predicted molar refractivity (Wildman–Crippen MR) is 82.6 cm³/mol. The van der Waals surface area contributed by atoms with E-state index < -0.39 is 5.60 Å². The van der Waals surface area contributed by atoms with Crippen LogP contribution in [-0.4, -0.2) is 41.7 Å². The lowest BCUT2D eigenvalue weighted by molar-refractivity contribution is -0.116. The fourth-order valence-electron chi connectivity index (χ4n) is 2.03. The van der Waals surface area contributed by atoms with Gasteiger partial charge in [-0.2, -0.15) is 0 Å². The third-order valence-corrected chi connectivity index (χ3v) is 3.03. The second kappa shape index (κ2) is 6.72. The van der Waals surface area contributed by atoms with Crippen LogP contribution in [0.2, 0.25) is 0 Å². The Labute approximate surface area is 120 Å². The minimum atomic E-state index is -0.754. The fraction of sp³-hybridized carbons (Fsp3) is 0.533. The third-order valence-electron chi connectivity index (χ3n) is 3.03. The number of nitrogen functional groups attached to an aromatic ring is 1.